The Hall–Kier alpha value is -2.41. The maximum absolute atomic E-state index is 12.3. The second kappa shape index (κ2) is 6.15. The minimum Gasteiger partial charge on any atom is -0.315 e. The zero-order valence-electron chi connectivity index (χ0n) is 12.3. The first-order valence-corrected chi connectivity index (χ1v) is 7.72. The second-order valence-corrected chi connectivity index (χ2v) is 5.73. The van der Waals surface area contributed by atoms with Crippen molar-refractivity contribution in [3.05, 3.63) is 42.9 Å². The molecule has 0 unspecified atom stereocenters. The summed E-state index contributed by atoms with van der Waals surface area (Å²) in [5.41, 5.74) is 1.64. The van der Waals surface area contributed by atoms with Gasteiger partial charge in [0.05, 0.1) is 17.3 Å². The lowest BCUT2D eigenvalue weighted by Crippen LogP contribution is -2.27. The van der Waals surface area contributed by atoms with Gasteiger partial charge < -0.3 is 4.90 Å². The van der Waals surface area contributed by atoms with E-state index in [0.29, 0.717) is 5.75 Å². The molecule has 0 fully saturated rings. The van der Waals surface area contributed by atoms with E-state index >= 15 is 0 Å². The van der Waals surface area contributed by atoms with E-state index in [0.717, 1.165) is 21.7 Å². The summed E-state index contributed by atoms with van der Waals surface area (Å²) in [6.45, 7) is 0. The van der Waals surface area contributed by atoms with E-state index in [1.165, 1.54) is 18.1 Å². The highest BCUT2D eigenvalue weighted by atomic mass is 32.2. The van der Waals surface area contributed by atoms with Gasteiger partial charge in [-0.1, -0.05) is 30.0 Å². The molecule has 2 heterocycles. The van der Waals surface area contributed by atoms with Gasteiger partial charge >= 0.3 is 0 Å². The van der Waals surface area contributed by atoms with Crippen molar-refractivity contribution in [1.29, 1.82) is 0 Å². The lowest BCUT2D eigenvalue weighted by Gasteiger charge is -2.16. The number of aryl methyl sites for hydroxylation is 1. The molecule has 0 saturated carbocycles. The summed E-state index contributed by atoms with van der Waals surface area (Å²) in [7, 11) is 3.61. The molecule has 0 radical (unpaired) electrons. The summed E-state index contributed by atoms with van der Waals surface area (Å²) in [5, 5.41) is 5.81. The molecule has 112 valence electrons. The lowest BCUT2D eigenvalue weighted by molar-refractivity contribution is -0.115. The first kappa shape index (κ1) is 14.5. The summed E-state index contributed by atoms with van der Waals surface area (Å²) in [5.74, 6) is 0.332. The van der Waals surface area contributed by atoms with Crippen molar-refractivity contribution < 1.29 is 4.79 Å². The molecule has 0 saturated heterocycles. The third kappa shape index (κ3) is 2.80. The molecule has 1 aromatic carbocycles. The monoisotopic (exact) mass is 313 g/mol. The van der Waals surface area contributed by atoms with Crippen LogP contribution in [-0.4, -0.2) is 38.5 Å². The fraction of sp³-hybridized carbons (Fsp3) is 0.200. The Morgan fingerprint density at radius 2 is 2.05 bits per heavy atom. The van der Waals surface area contributed by atoms with Crippen LogP contribution in [0.1, 0.15) is 0 Å². The highest BCUT2D eigenvalue weighted by Crippen LogP contribution is 2.24. The van der Waals surface area contributed by atoms with Gasteiger partial charge in [0.15, 0.2) is 5.65 Å². The fourth-order valence-corrected chi connectivity index (χ4v) is 2.95. The summed E-state index contributed by atoms with van der Waals surface area (Å²) in [6, 6.07) is 9.57. The number of hydrogen-bond acceptors (Lipinski definition) is 5. The number of para-hydroxylation sites is 1. The number of fused-ring (bicyclic) bond motifs is 1. The van der Waals surface area contributed by atoms with Crippen molar-refractivity contribution in [2.75, 3.05) is 17.7 Å². The minimum absolute atomic E-state index is 0.0202. The molecule has 2 aromatic heterocycles. The van der Waals surface area contributed by atoms with Crippen molar-refractivity contribution >= 4 is 34.4 Å². The van der Waals surface area contributed by atoms with E-state index in [9.17, 15) is 4.79 Å². The van der Waals surface area contributed by atoms with Gasteiger partial charge in [0.2, 0.25) is 5.91 Å². The highest BCUT2D eigenvalue weighted by molar-refractivity contribution is 8.00. The zero-order valence-corrected chi connectivity index (χ0v) is 13.1. The van der Waals surface area contributed by atoms with Gasteiger partial charge in [-0.3, -0.25) is 9.48 Å². The first-order chi connectivity index (χ1) is 10.7. The van der Waals surface area contributed by atoms with E-state index in [-0.39, 0.29) is 5.91 Å². The van der Waals surface area contributed by atoms with Gasteiger partial charge in [0.25, 0.3) is 0 Å². The fourth-order valence-electron chi connectivity index (χ4n) is 2.08. The number of carbonyl (C=O) groups excluding carboxylic acids is 1. The van der Waals surface area contributed by atoms with E-state index in [1.807, 2.05) is 37.4 Å². The van der Waals surface area contributed by atoms with Crippen molar-refractivity contribution in [2.45, 2.75) is 5.03 Å². The molecule has 0 spiro atoms. The Balaban J connectivity index is 1.73. The molecule has 0 aliphatic carbocycles. The molecule has 6 nitrogen and oxygen atoms in total. The van der Waals surface area contributed by atoms with Gasteiger partial charge in [-0.25, -0.2) is 9.97 Å². The largest absolute Gasteiger partial charge is 0.315 e. The highest BCUT2D eigenvalue weighted by Gasteiger charge is 2.14. The van der Waals surface area contributed by atoms with Crippen LogP contribution in [0.3, 0.4) is 0 Å². The topological polar surface area (TPSA) is 63.9 Å². The number of carbonyl (C=O) groups is 1. The first-order valence-electron chi connectivity index (χ1n) is 6.74. The summed E-state index contributed by atoms with van der Waals surface area (Å²) in [6.07, 6.45) is 3.22. The van der Waals surface area contributed by atoms with Gasteiger partial charge in [-0.05, 0) is 12.1 Å². The molecule has 0 bridgehead atoms. The maximum Gasteiger partial charge on any atom is 0.237 e. The summed E-state index contributed by atoms with van der Waals surface area (Å²) in [4.78, 5) is 22.4. The van der Waals surface area contributed by atoms with Crippen LogP contribution in [-0.2, 0) is 11.8 Å². The van der Waals surface area contributed by atoms with Crippen molar-refractivity contribution in [3.8, 4) is 0 Å². The molecule has 0 N–H and O–H groups in total. The summed E-state index contributed by atoms with van der Waals surface area (Å²) < 4.78 is 1.69. The quantitative estimate of drug-likeness (QED) is 0.545. The molecule has 0 aliphatic rings. The SMILES string of the molecule is CN(C(=O)CSc1ncnc2c1cnn2C)c1ccccc1. The number of anilines is 1. The van der Waals surface area contributed by atoms with Crippen LogP contribution in [0, 0.1) is 0 Å². The number of benzene rings is 1. The van der Waals surface area contributed by atoms with Crippen molar-refractivity contribution in [2.24, 2.45) is 7.05 Å². The Morgan fingerprint density at radius 3 is 2.82 bits per heavy atom. The van der Waals surface area contributed by atoms with Crippen LogP contribution >= 0.6 is 11.8 Å². The molecule has 7 heteroatoms. The Bertz CT molecular complexity index is 802. The van der Waals surface area contributed by atoms with E-state index in [2.05, 4.69) is 15.1 Å². The average molecular weight is 313 g/mol. The lowest BCUT2D eigenvalue weighted by atomic mass is 10.3. The third-order valence-corrected chi connectivity index (χ3v) is 4.33. The maximum atomic E-state index is 12.3. The molecule has 1 amide bonds. The molecule has 22 heavy (non-hydrogen) atoms. The average Bonchev–Trinajstić information content (AvgIpc) is 2.95. The predicted molar refractivity (Wildman–Crippen MR) is 86.9 cm³/mol. The van der Waals surface area contributed by atoms with Gasteiger partial charge in [0, 0.05) is 19.8 Å². The van der Waals surface area contributed by atoms with Crippen molar-refractivity contribution in [1.82, 2.24) is 19.7 Å². The molecule has 0 atom stereocenters. The number of thioether (sulfide) groups is 1. The molecule has 3 rings (SSSR count). The molecule has 0 aliphatic heterocycles. The third-order valence-electron chi connectivity index (χ3n) is 3.34. The normalized spacial score (nSPS) is 10.8. The van der Waals surface area contributed by atoms with E-state index in [1.54, 1.807) is 22.8 Å². The standard InChI is InChI=1S/C15H15N5OS/c1-19(11-6-4-3-5-7-11)13(21)9-22-15-12-8-18-20(2)14(12)16-10-17-15/h3-8,10H,9H2,1-2H3. The number of rotatable bonds is 4. The summed E-state index contributed by atoms with van der Waals surface area (Å²) >= 11 is 1.40. The Kier molecular flexibility index (Phi) is 4.06. The molecule has 3 aromatic rings. The molecular weight excluding hydrogens is 298 g/mol. The Labute approximate surface area is 132 Å². The zero-order chi connectivity index (χ0) is 15.5. The van der Waals surface area contributed by atoms with Gasteiger partial charge in [0.1, 0.15) is 11.4 Å². The van der Waals surface area contributed by atoms with Gasteiger partial charge in [-0.2, -0.15) is 5.10 Å². The van der Waals surface area contributed by atoms with E-state index < -0.39 is 0 Å². The van der Waals surface area contributed by atoms with Crippen LogP contribution in [0.4, 0.5) is 5.69 Å². The number of amides is 1. The smallest absolute Gasteiger partial charge is 0.237 e. The predicted octanol–water partition coefficient (Wildman–Crippen LogP) is 2.12. The Morgan fingerprint density at radius 1 is 1.27 bits per heavy atom. The van der Waals surface area contributed by atoms with E-state index in [4.69, 9.17) is 0 Å². The minimum atomic E-state index is 0.0202. The number of aromatic nitrogens is 4. The van der Waals surface area contributed by atoms with Gasteiger partial charge in [-0.15, -0.1) is 0 Å². The molecular formula is C15H15N5OS. The van der Waals surface area contributed by atoms with Crippen LogP contribution in [0.2, 0.25) is 0 Å². The van der Waals surface area contributed by atoms with Crippen LogP contribution in [0.25, 0.3) is 11.0 Å². The van der Waals surface area contributed by atoms with Crippen molar-refractivity contribution in [3.63, 3.8) is 0 Å². The van der Waals surface area contributed by atoms with Crippen LogP contribution < -0.4 is 4.90 Å². The second-order valence-electron chi connectivity index (χ2n) is 4.76. The van der Waals surface area contributed by atoms with Crippen LogP contribution in [0.5, 0.6) is 0 Å². The van der Waals surface area contributed by atoms with Crippen LogP contribution in [0.15, 0.2) is 47.9 Å². The number of hydrogen-bond donors (Lipinski definition) is 0. The number of nitrogens with zero attached hydrogens (tertiary/aromatic N) is 5.